The molecule has 2 bridgehead atoms. The molecule has 3 unspecified atom stereocenters. The van der Waals surface area contributed by atoms with Crippen molar-refractivity contribution in [2.45, 2.75) is 37.1 Å². The van der Waals surface area contributed by atoms with E-state index in [2.05, 4.69) is 4.90 Å². The Morgan fingerprint density at radius 2 is 2.00 bits per heavy atom. The molecule has 1 aromatic rings. The fourth-order valence-electron chi connectivity index (χ4n) is 5.54. The van der Waals surface area contributed by atoms with E-state index in [-0.39, 0.29) is 12.3 Å². The Labute approximate surface area is 193 Å². The highest BCUT2D eigenvalue weighted by Gasteiger charge is 2.68. The summed E-state index contributed by atoms with van der Waals surface area (Å²) in [6.07, 6.45) is -2.37. The second-order valence-corrected chi connectivity index (χ2v) is 10.2. The standard InChI is InChI=1S/C22H26F3N4O3S/c23-22(24,25)16-3-1-4-17(13-16)27-10-8-26(9-11-27)7-6-19-28(31)20-14-21(15-33-20)18(30)5-2-12-29(19,21)32/h1,3-4,13-14,19H,2,5-12,15H2/q+1. The number of quaternary nitrogens is 1. The lowest BCUT2D eigenvalue weighted by atomic mass is 9.84. The zero-order valence-electron chi connectivity index (χ0n) is 18.1. The van der Waals surface area contributed by atoms with E-state index in [4.69, 9.17) is 0 Å². The largest absolute Gasteiger partial charge is 0.627 e. The summed E-state index contributed by atoms with van der Waals surface area (Å²) in [5, 5.41) is 14.4. The minimum absolute atomic E-state index is 0.0564. The number of anilines is 1. The van der Waals surface area contributed by atoms with Crippen LogP contribution in [0, 0.1) is 10.1 Å². The Balaban J connectivity index is 1.23. The van der Waals surface area contributed by atoms with E-state index >= 15 is 0 Å². The number of nitrogens with zero attached hydrogens (tertiary/aromatic N) is 4. The smallest absolute Gasteiger partial charge is 0.416 e. The minimum atomic E-state index is -4.38. The van der Waals surface area contributed by atoms with Gasteiger partial charge in [0, 0.05) is 56.2 Å². The van der Waals surface area contributed by atoms with Crippen molar-refractivity contribution in [3.05, 3.63) is 51.0 Å². The van der Waals surface area contributed by atoms with Gasteiger partial charge in [0.2, 0.25) is 0 Å². The van der Waals surface area contributed by atoms with E-state index in [0.29, 0.717) is 68.5 Å². The molecule has 0 aliphatic carbocycles. The molecule has 0 N–H and O–H groups in total. The molecule has 0 aromatic heterocycles. The van der Waals surface area contributed by atoms with Crippen LogP contribution >= 0.6 is 11.8 Å². The van der Waals surface area contributed by atoms with Crippen LogP contribution in [-0.2, 0) is 11.0 Å². The summed E-state index contributed by atoms with van der Waals surface area (Å²) >= 11 is 1.30. The number of Topliss-reactive ketones (excluding diaryl/α,β-unsaturated/α-hetero) is 1. The molecule has 11 heteroatoms. The van der Waals surface area contributed by atoms with Gasteiger partial charge in [-0.2, -0.15) is 13.2 Å². The molecule has 0 radical (unpaired) electrons. The average molecular weight is 484 g/mol. The molecule has 5 rings (SSSR count). The number of hydroxylamine groups is 3. The molecule has 33 heavy (non-hydrogen) atoms. The number of carbonyl (C=O) groups is 1. The Morgan fingerprint density at radius 3 is 2.73 bits per heavy atom. The molecule has 0 saturated carbocycles. The van der Waals surface area contributed by atoms with Gasteiger partial charge in [0.15, 0.2) is 11.3 Å². The van der Waals surface area contributed by atoms with Crippen molar-refractivity contribution in [2.75, 3.05) is 49.9 Å². The Hall–Kier alpha value is -1.95. The fourth-order valence-corrected chi connectivity index (χ4v) is 6.90. The third-order valence-corrected chi connectivity index (χ3v) is 8.62. The van der Waals surface area contributed by atoms with Gasteiger partial charge in [-0.3, -0.25) is 14.3 Å². The van der Waals surface area contributed by atoms with Crippen LogP contribution in [0.3, 0.4) is 0 Å². The number of alkyl halides is 3. The Kier molecular flexibility index (Phi) is 5.58. The maximum absolute atomic E-state index is 14.0. The summed E-state index contributed by atoms with van der Waals surface area (Å²) in [5.41, 5.74) is -1.24. The summed E-state index contributed by atoms with van der Waals surface area (Å²) in [4.78, 5) is 29.8. The van der Waals surface area contributed by atoms with Gasteiger partial charge in [0.1, 0.15) is 0 Å². The number of nitroso groups, excluding NO2 is 1. The van der Waals surface area contributed by atoms with E-state index in [0.717, 1.165) is 10.8 Å². The Morgan fingerprint density at radius 1 is 1.24 bits per heavy atom. The molecule has 4 heterocycles. The monoisotopic (exact) mass is 483 g/mol. The molecule has 7 nitrogen and oxygen atoms in total. The van der Waals surface area contributed by atoms with Crippen molar-refractivity contribution in [1.82, 2.24) is 4.90 Å². The van der Waals surface area contributed by atoms with Crippen molar-refractivity contribution in [3.8, 4) is 0 Å². The van der Waals surface area contributed by atoms with Gasteiger partial charge < -0.3 is 10.1 Å². The van der Waals surface area contributed by atoms with Crippen LogP contribution in [0.5, 0.6) is 0 Å². The van der Waals surface area contributed by atoms with Crippen molar-refractivity contribution in [3.63, 3.8) is 0 Å². The summed E-state index contributed by atoms with van der Waals surface area (Å²) < 4.78 is 39.1. The predicted octanol–water partition coefficient (Wildman–Crippen LogP) is 3.34. The first-order valence-corrected chi connectivity index (χ1v) is 12.2. The molecule has 4 aliphatic heterocycles. The number of rotatable bonds is 4. The number of hydrogen-bond acceptors (Lipinski definition) is 6. The fraction of sp³-hybridized carbons (Fsp3) is 0.591. The number of ketones is 1. The molecule has 178 valence electrons. The van der Waals surface area contributed by atoms with Gasteiger partial charge in [0.25, 0.3) is 5.03 Å². The van der Waals surface area contributed by atoms with E-state index in [1.807, 2.05) is 4.90 Å². The minimum Gasteiger partial charge on any atom is -0.627 e. The number of halogens is 3. The summed E-state index contributed by atoms with van der Waals surface area (Å²) in [6.45, 7) is 3.18. The van der Waals surface area contributed by atoms with E-state index in [1.54, 1.807) is 12.1 Å². The lowest BCUT2D eigenvalue weighted by Gasteiger charge is -2.55. The molecule has 2 saturated heterocycles. The highest BCUT2D eigenvalue weighted by atomic mass is 32.2. The zero-order chi connectivity index (χ0) is 23.4. The van der Waals surface area contributed by atoms with Crippen molar-refractivity contribution in [2.24, 2.45) is 0 Å². The topological polar surface area (TPSA) is 66.7 Å². The average Bonchev–Trinajstić information content (AvgIpc) is 3.21. The SMILES string of the molecule is O=C1CCC[N+]2([O-])C(CCN3CCN(c4cccc(C(F)(F)F)c4)CC3)[N+](=O)C3=CC12CS3. The number of carbonyl (C=O) groups excluding carboxylic acids is 1. The van der Waals surface area contributed by atoms with Crippen molar-refractivity contribution < 1.29 is 27.4 Å². The third-order valence-electron chi connectivity index (χ3n) is 7.44. The van der Waals surface area contributed by atoms with E-state index in [9.17, 15) is 28.1 Å². The van der Waals surface area contributed by atoms with Crippen LogP contribution < -0.4 is 4.90 Å². The van der Waals surface area contributed by atoms with Crippen LogP contribution in [0.15, 0.2) is 35.4 Å². The number of piperidine rings is 1. The lowest BCUT2D eigenvalue weighted by molar-refractivity contribution is -1.02. The molecular weight excluding hydrogens is 457 g/mol. The lowest BCUT2D eigenvalue weighted by Crippen LogP contribution is -2.74. The van der Waals surface area contributed by atoms with Gasteiger partial charge in [0.05, 0.1) is 35.1 Å². The van der Waals surface area contributed by atoms with E-state index < -0.39 is 28.1 Å². The second kappa shape index (κ2) is 8.07. The Bertz CT molecular complexity index is 1010. The number of thioether (sulfide) groups is 1. The van der Waals surface area contributed by atoms with Gasteiger partial charge in [-0.15, -0.1) is 0 Å². The van der Waals surface area contributed by atoms with Crippen LogP contribution in [0.2, 0.25) is 0 Å². The number of piperazine rings is 1. The van der Waals surface area contributed by atoms with Crippen LogP contribution in [0.4, 0.5) is 18.9 Å². The maximum atomic E-state index is 14.0. The molecule has 0 amide bonds. The summed E-state index contributed by atoms with van der Waals surface area (Å²) in [7, 11) is 0. The number of benzene rings is 1. The molecular formula is C22H26F3N4O3S+. The highest BCUT2D eigenvalue weighted by Crippen LogP contribution is 2.51. The first-order chi connectivity index (χ1) is 15.6. The van der Waals surface area contributed by atoms with Gasteiger partial charge in [-0.25, -0.2) is 0 Å². The molecule has 1 aromatic carbocycles. The maximum Gasteiger partial charge on any atom is 0.416 e. The first-order valence-electron chi connectivity index (χ1n) is 11.2. The zero-order valence-corrected chi connectivity index (χ0v) is 18.9. The molecule has 3 atom stereocenters. The molecule has 1 spiro atoms. The summed E-state index contributed by atoms with van der Waals surface area (Å²) in [6, 6.07) is 5.34. The highest BCUT2D eigenvalue weighted by molar-refractivity contribution is 8.03. The van der Waals surface area contributed by atoms with Crippen molar-refractivity contribution in [1.29, 1.82) is 0 Å². The third kappa shape index (κ3) is 3.69. The van der Waals surface area contributed by atoms with Gasteiger partial charge in [-0.05, 0) is 30.0 Å². The van der Waals surface area contributed by atoms with Crippen LogP contribution in [0.25, 0.3) is 0 Å². The quantitative estimate of drug-likeness (QED) is 0.372. The second-order valence-electron chi connectivity index (χ2n) is 9.21. The molecule has 2 fully saturated rings. The number of hydrogen-bond donors (Lipinski definition) is 0. The van der Waals surface area contributed by atoms with Crippen LogP contribution in [-0.4, -0.2) is 76.8 Å². The van der Waals surface area contributed by atoms with Crippen LogP contribution in [0.1, 0.15) is 24.8 Å². The van der Waals surface area contributed by atoms with Gasteiger partial charge in [-0.1, -0.05) is 6.07 Å². The summed E-state index contributed by atoms with van der Waals surface area (Å²) in [5.74, 6) is 0.286. The molecule has 4 aliphatic rings. The van der Waals surface area contributed by atoms with E-state index in [1.165, 1.54) is 23.9 Å². The predicted molar refractivity (Wildman–Crippen MR) is 118 cm³/mol. The normalized spacial score (nSPS) is 32.7. The van der Waals surface area contributed by atoms with Crippen molar-refractivity contribution >= 4 is 23.2 Å². The first kappa shape index (κ1) is 22.8. The van der Waals surface area contributed by atoms with Gasteiger partial charge >= 0.3 is 12.3 Å².